The summed E-state index contributed by atoms with van der Waals surface area (Å²) in [6.45, 7) is 0. The minimum atomic E-state index is -3.83. The lowest BCUT2D eigenvalue weighted by molar-refractivity contribution is 0.601. The fourth-order valence-electron chi connectivity index (χ4n) is 2.62. The van der Waals surface area contributed by atoms with E-state index in [-0.39, 0.29) is 10.7 Å². The number of anilines is 3. The Balaban J connectivity index is 1.77. The standard InChI is InChI=1S/C20H15BrN4O2S/c21-14-10-12-16(13-11-14)28(26,27)25-20-19(22-15-6-2-1-3-7-15)23-17-8-4-5-9-18(17)24-20/h1-13H,(H,22,23)(H,24,25). The van der Waals surface area contributed by atoms with E-state index < -0.39 is 10.0 Å². The van der Waals surface area contributed by atoms with Gasteiger partial charge < -0.3 is 5.32 Å². The van der Waals surface area contributed by atoms with Gasteiger partial charge in [-0.2, -0.15) is 0 Å². The Kier molecular flexibility index (Phi) is 4.97. The van der Waals surface area contributed by atoms with Gasteiger partial charge in [-0.15, -0.1) is 0 Å². The highest BCUT2D eigenvalue weighted by Crippen LogP contribution is 2.27. The van der Waals surface area contributed by atoms with Crippen molar-refractivity contribution in [2.24, 2.45) is 0 Å². The van der Waals surface area contributed by atoms with Gasteiger partial charge in [-0.3, -0.25) is 4.72 Å². The van der Waals surface area contributed by atoms with Crippen LogP contribution in [0.25, 0.3) is 11.0 Å². The third-order valence-electron chi connectivity index (χ3n) is 3.96. The molecule has 6 nitrogen and oxygen atoms in total. The number of fused-ring (bicyclic) bond motifs is 1. The molecule has 0 saturated heterocycles. The number of para-hydroxylation sites is 3. The van der Waals surface area contributed by atoms with Crippen LogP contribution in [-0.4, -0.2) is 18.4 Å². The number of sulfonamides is 1. The van der Waals surface area contributed by atoms with Gasteiger partial charge in [0.15, 0.2) is 11.6 Å². The fourth-order valence-corrected chi connectivity index (χ4v) is 3.89. The summed E-state index contributed by atoms with van der Waals surface area (Å²) < 4.78 is 29.0. The Hall–Kier alpha value is -2.97. The summed E-state index contributed by atoms with van der Waals surface area (Å²) in [5.41, 5.74) is 2.03. The molecule has 4 rings (SSSR count). The van der Waals surface area contributed by atoms with E-state index in [9.17, 15) is 8.42 Å². The number of aromatic nitrogens is 2. The first-order chi connectivity index (χ1) is 13.5. The maximum Gasteiger partial charge on any atom is 0.263 e. The zero-order chi connectivity index (χ0) is 19.6. The maximum atomic E-state index is 12.8. The van der Waals surface area contributed by atoms with Crippen molar-refractivity contribution in [2.75, 3.05) is 10.0 Å². The maximum absolute atomic E-state index is 12.8. The number of hydrogen-bond acceptors (Lipinski definition) is 5. The fraction of sp³-hybridized carbons (Fsp3) is 0. The zero-order valence-electron chi connectivity index (χ0n) is 14.5. The molecule has 0 bridgehead atoms. The lowest BCUT2D eigenvalue weighted by Gasteiger charge is -2.14. The van der Waals surface area contributed by atoms with Crippen molar-refractivity contribution in [2.45, 2.75) is 4.90 Å². The van der Waals surface area contributed by atoms with Crippen LogP contribution in [0.4, 0.5) is 17.3 Å². The van der Waals surface area contributed by atoms with Gasteiger partial charge in [0, 0.05) is 10.2 Å². The number of rotatable bonds is 5. The Morgan fingerprint density at radius 3 is 1.93 bits per heavy atom. The molecule has 0 saturated carbocycles. The van der Waals surface area contributed by atoms with E-state index in [0.29, 0.717) is 16.9 Å². The number of nitrogens with one attached hydrogen (secondary N) is 2. The monoisotopic (exact) mass is 454 g/mol. The van der Waals surface area contributed by atoms with Crippen LogP contribution in [0.1, 0.15) is 0 Å². The lowest BCUT2D eigenvalue weighted by Crippen LogP contribution is -2.16. The van der Waals surface area contributed by atoms with Gasteiger partial charge in [-0.25, -0.2) is 18.4 Å². The molecule has 0 aliphatic carbocycles. The third-order valence-corrected chi connectivity index (χ3v) is 5.85. The van der Waals surface area contributed by atoms with Gasteiger partial charge >= 0.3 is 0 Å². The highest BCUT2D eigenvalue weighted by molar-refractivity contribution is 9.10. The third kappa shape index (κ3) is 3.97. The molecule has 0 aliphatic heterocycles. The molecule has 0 radical (unpaired) electrons. The van der Waals surface area contributed by atoms with Crippen molar-refractivity contribution >= 4 is 54.3 Å². The summed E-state index contributed by atoms with van der Waals surface area (Å²) in [4.78, 5) is 9.16. The minimum Gasteiger partial charge on any atom is -0.337 e. The SMILES string of the molecule is O=S(=O)(Nc1nc2ccccc2nc1Nc1ccccc1)c1ccc(Br)cc1. The Morgan fingerprint density at radius 2 is 1.29 bits per heavy atom. The van der Waals surface area contributed by atoms with Gasteiger partial charge in [-0.05, 0) is 48.5 Å². The molecule has 0 atom stereocenters. The van der Waals surface area contributed by atoms with Crippen LogP contribution in [-0.2, 0) is 10.0 Å². The molecule has 0 fully saturated rings. The van der Waals surface area contributed by atoms with Crippen LogP contribution < -0.4 is 10.0 Å². The van der Waals surface area contributed by atoms with E-state index in [1.54, 1.807) is 18.2 Å². The number of hydrogen-bond donors (Lipinski definition) is 2. The van der Waals surface area contributed by atoms with Gasteiger partial charge in [0.2, 0.25) is 0 Å². The highest BCUT2D eigenvalue weighted by atomic mass is 79.9. The zero-order valence-corrected chi connectivity index (χ0v) is 16.9. The highest BCUT2D eigenvalue weighted by Gasteiger charge is 2.19. The molecular formula is C20H15BrN4O2S. The first-order valence-corrected chi connectivity index (χ1v) is 10.7. The molecule has 0 amide bonds. The summed E-state index contributed by atoms with van der Waals surface area (Å²) in [5, 5.41) is 3.14. The number of benzene rings is 3. The van der Waals surface area contributed by atoms with Crippen LogP contribution >= 0.6 is 15.9 Å². The van der Waals surface area contributed by atoms with Crippen LogP contribution in [0.5, 0.6) is 0 Å². The predicted molar refractivity (Wildman–Crippen MR) is 114 cm³/mol. The van der Waals surface area contributed by atoms with Gasteiger partial charge in [0.05, 0.1) is 15.9 Å². The summed E-state index contributed by atoms with van der Waals surface area (Å²) in [7, 11) is -3.83. The van der Waals surface area contributed by atoms with Crippen LogP contribution in [0, 0.1) is 0 Å². The summed E-state index contributed by atoms with van der Waals surface area (Å²) >= 11 is 3.31. The van der Waals surface area contributed by atoms with E-state index in [0.717, 1.165) is 10.2 Å². The Bertz CT molecular complexity index is 1230. The number of nitrogens with zero attached hydrogens (tertiary/aromatic N) is 2. The van der Waals surface area contributed by atoms with E-state index in [1.165, 1.54) is 12.1 Å². The van der Waals surface area contributed by atoms with E-state index in [2.05, 4.69) is 35.9 Å². The van der Waals surface area contributed by atoms with Gasteiger partial charge in [-0.1, -0.05) is 46.3 Å². The van der Waals surface area contributed by atoms with Crippen molar-refractivity contribution in [3.05, 3.63) is 83.3 Å². The molecular weight excluding hydrogens is 440 g/mol. The Morgan fingerprint density at radius 1 is 0.714 bits per heavy atom. The molecule has 0 spiro atoms. The average molecular weight is 455 g/mol. The largest absolute Gasteiger partial charge is 0.337 e. The van der Waals surface area contributed by atoms with Gasteiger partial charge in [0.25, 0.3) is 10.0 Å². The minimum absolute atomic E-state index is 0.130. The van der Waals surface area contributed by atoms with Crippen molar-refractivity contribution in [3.63, 3.8) is 0 Å². The molecule has 0 unspecified atom stereocenters. The van der Waals surface area contributed by atoms with Gasteiger partial charge in [0.1, 0.15) is 0 Å². The molecule has 4 aromatic rings. The van der Waals surface area contributed by atoms with Crippen LogP contribution in [0.15, 0.2) is 88.2 Å². The normalized spacial score (nSPS) is 11.3. The second kappa shape index (κ2) is 7.57. The molecule has 3 aromatic carbocycles. The molecule has 1 heterocycles. The van der Waals surface area contributed by atoms with Crippen LogP contribution in [0.3, 0.4) is 0 Å². The smallest absolute Gasteiger partial charge is 0.263 e. The van der Waals surface area contributed by atoms with Crippen molar-refractivity contribution in [1.82, 2.24) is 9.97 Å². The van der Waals surface area contributed by atoms with E-state index >= 15 is 0 Å². The average Bonchev–Trinajstić information content (AvgIpc) is 2.69. The molecule has 2 N–H and O–H groups in total. The number of halogens is 1. The lowest BCUT2D eigenvalue weighted by atomic mass is 10.3. The Labute approximate surface area is 170 Å². The van der Waals surface area contributed by atoms with Crippen molar-refractivity contribution in [3.8, 4) is 0 Å². The summed E-state index contributed by atoms with van der Waals surface area (Å²) in [5.74, 6) is 0.455. The second-order valence-electron chi connectivity index (χ2n) is 5.96. The quantitative estimate of drug-likeness (QED) is 0.446. The molecule has 1 aromatic heterocycles. The molecule has 8 heteroatoms. The topological polar surface area (TPSA) is 84.0 Å². The van der Waals surface area contributed by atoms with Crippen molar-refractivity contribution < 1.29 is 8.42 Å². The second-order valence-corrected chi connectivity index (χ2v) is 8.56. The molecule has 0 aliphatic rings. The predicted octanol–water partition coefficient (Wildman–Crippen LogP) is 4.94. The van der Waals surface area contributed by atoms with Crippen LogP contribution in [0.2, 0.25) is 0 Å². The first-order valence-electron chi connectivity index (χ1n) is 8.38. The van der Waals surface area contributed by atoms with E-state index in [1.807, 2.05) is 48.5 Å². The summed E-state index contributed by atoms with van der Waals surface area (Å²) in [6, 6.07) is 23.1. The summed E-state index contributed by atoms with van der Waals surface area (Å²) in [6.07, 6.45) is 0. The van der Waals surface area contributed by atoms with Crippen molar-refractivity contribution in [1.29, 1.82) is 0 Å². The molecule has 28 heavy (non-hydrogen) atoms. The molecule has 140 valence electrons. The van der Waals surface area contributed by atoms with E-state index in [4.69, 9.17) is 0 Å². The first kappa shape index (κ1) is 18.4.